The predicted molar refractivity (Wildman–Crippen MR) is 122 cm³/mol. The van der Waals surface area contributed by atoms with Gasteiger partial charge in [-0.1, -0.05) is 30.3 Å². The van der Waals surface area contributed by atoms with E-state index in [2.05, 4.69) is 20.3 Å². The van der Waals surface area contributed by atoms with Crippen molar-refractivity contribution < 1.29 is 28.2 Å². The van der Waals surface area contributed by atoms with E-state index in [1.807, 2.05) is 6.07 Å². The number of aliphatic hydroxyl groups excluding tert-OH is 2. The van der Waals surface area contributed by atoms with Gasteiger partial charge in [0.05, 0.1) is 30.8 Å². The first-order chi connectivity index (χ1) is 15.5. The van der Waals surface area contributed by atoms with Crippen molar-refractivity contribution >= 4 is 38.3 Å². The number of nitrogens with zero attached hydrogens (tertiary/aromatic N) is 2. The first kappa shape index (κ1) is 26.2. The molecule has 0 radical (unpaired) electrons. The Morgan fingerprint density at radius 2 is 1.79 bits per heavy atom. The molecular weight excluding hydrogens is 470 g/mol. The molecule has 0 aliphatic rings. The van der Waals surface area contributed by atoms with Gasteiger partial charge >= 0.3 is 0 Å². The van der Waals surface area contributed by atoms with Gasteiger partial charge in [-0.15, -0.1) is 11.3 Å². The Morgan fingerprint density at radius 3 is 2.36 bits per heavy atom. The molecule has 1 aromatic heterocycles. The molecule has 13 heteroatoms. The van der Waals surface area contributed by atoms with E-state index in [1.54, 1.807) is 30.3 Å². The van der Waals surface area contributed by atoms with Crippen molar-refractivity contribution in [3.8, 4) is 6.07 Å². The van der Waals surface area contributed by atoms with Gasteiger partial charge in [-0.25, -0.2) is 13.4 Å². The summed E-state index contributed by atoms with van der Waals surface area (Å²) in [6, 6.07) is 8.67. The van der Waals surface area contributed by atoms with Crippen LogP contribution in [0.3, 0.4) is 0 Å². The number of thiazole rings is 1. The normalized spacial score (nSPS) is 14.9. The fourth-order valence-corrected chi connectivity index (χ4v) is 4.59. The predicted octanol–water partition coefficient (Wildman–Crippen LogP) is -0.00412. The summed E-state index contributed by atoms with van der Waals surface area (Å²) in [6.45, 7) is 1.22. The van der Waals surface area contributed by atoms with Crippen LogP contribution in [0.15, 0.2) is 35.7 Å². The van der Waals surface area contributed by atoms with Crippen molar-refractivity contribution in [3.63, 3.8) is 0 Å². The molecule has 0 fully saturated rings. The van der Waals surface area contributed by atoms with Crippen molar-refractivity contribution in [1.29, 1.82) is 5.26 Å². The minimum Gasteiger partial charge on any atom is -0.388 e. The maximum Gasteiger partial charge on any atom is 0.271 e. The van der Waals surface area contributed by atoms with Crippen LogP contribution in [0.2, 0.25) is 0 Å². The lowest BCUT2D eigenvalue weighted by Crippen LogP contribution is -2.56. The summed E-state index contributed by atoms with van der Waals surface area (Å²) in [4.78, 5) is 28.1. The van der Waals surface area contributed by atoms with Crippen LogP contribution in [0.1, 0.15) is 29.4 Å². The Kier molecular flexibility index (Phi) is 9.30. The molecule has 4 unspecified atom stereocenters. The van der Waals surface area contributed by atoms with Crippen LogP contribution in [-0.4, -0.2) is 66.0 Å². The SMILES string of the molecule is CC(=O)NC(CC#N)C(O)C(O)C(Cc1ccccc1)NC(=O)c1csc(NS(C)(=O)=O)n1. The molecule has 1 aromatic carbocycles. The molecule has 0 bridgehead atoms. The first-order valence-corrected chi connectivity index (χ1v) is 12.6. The highest BCUT2D eigenvalue weighted by molar-refractivity contribution is 7.92. The maximum absolute atomic E-state index is 12.8. The van der Waals surface area contributed by atoms with E-state index in [0.29, 0.717) is 0 Å². The minimum absolute atomic E-state index is 0.00239. The van der Waals surface area contributed by atoms with Gasteiger partial charge in [0.25, 0.3) is 5.91 Å². The third-order valence-corrected chi connectivity index (χ3v) is 5.95. The number of benzene rings is 1. The van der Waals surface area contributed by atoms with E-state index in [-0.39, 0.29) is 23.7 Å². The van der Waals surface area contributed by atoms with Gasteiger partial charge in [0.2, 0.25) is 15.9 Å². The summed E-state index contributed by atoms with van der Waals surface area (Å²) in [5.74, 6) is -1.19. The molecule has 11 nitrogen and oxygen atoms in total. The van der Waals surface area contributed by atoms with Crippen molar-refractivity contribution in [3.05, 3.63) is 47.0 Å². The Hall–Kier alpha value is -3.05. The molecular formula is C20H25N5O6S2. The second kappa shape index (κ2) is 11.7. The molecule has 0 spiro atoms. The summed E-state index contributed by atoms with van der Waals surface area (Å²) in [7, 11) is -3.57. The fraction of sp³-hybridized carbons (Fsp3) is 0.400. The van der Waals surface area contributed by atoms with Crippen LogP contribution in [-0.2, 0) is 21.2 Å². The van der Waals surface area contributed by atoms with Crippen LogP contribution >= 0.6 is 11.3 Å². The molecule has 1 heterocycles. The van der Waals surface area contributed by atoms with E-state index >= 15 is 0 Å². The van der Waals surface area contributed by atoms with Crippen LogP contribution in [0, 0.1) is 11.3 Å². The third kappa shape index (κ3) is 8.43. The lowest BCUT2D eigenvalue weighted by atomic mass is 9.93. The molecule has 0 aliphatic heterocycles. The van der Waals surface area contributed by atoms with Crippen molar-refractivity contribution in [2.24, 2.45) is 0 Å². The topological polar surface area (TPSA) is 182 Å². The highest BCUT2D eigenvalue weighted by atomic mass is 32.2. The summed E-state index contributed by atoms with van der Waals surface area (Å²) >= 11 is 0.911. The Bertz CT molecular complexity index is 1100. The van der Waals surface area contributed by atoms with Gasteiger partial charge in [0.15, 0.2) is 5.13 Å². The van der Waals surface area contributed by atoms with E-state index < -0.39 is 46.1 Å². The zero-order valence-electron chi connectivity index (χ0n) is 17.9. The summed E-state index contributed by atoms with van der Waals surface area (Å²) in [5.41, 5.74) is 0.671. The maximum atomic E-state index is 12.8. The summed E-state index contributed by atoms with van der Waals surface area (Å²) < 4.78 is 24.9. The second-order valence-corrected chi connectivity index (χ2v) is 9.94. The molecule has 2 amide bonds. The minimum atomic E-state index is -3.57. The quantitative estimate of drug-likeness (QED) is 0.288. The zero-order valence-corrected chi connectivity index (χ0v) is 19.6. The number of rotatable bonds is 11. The monoisotopic (exact) mass is 495 g/mol. The summed E-state index contributed by atoms with van der Waals surface area (Å²) in [5, 5.41) is 36.9. The average Bonchev–Trinajstić information content (AvgIpc) is 3.19. The van der Waals surface area contributed by atoms with Crippen molar-refractivity contribution in [1.82, 2.24) is 15.6 Å². The lowest BCUT2D eigenvalue weighted by molar-refractivity contribution is -0.121. The molecule has 5 N–H and O–H groups in total. The lowest BCUT2D eigenvalue weighted by Gasteiger charge is -2.31. The number of nitriles is 1. The van der Waals surface area contributed by atoms with Crippen LogP contribution in [0.25, 0.3) is 0 Å². The Labute approximate surface area is 195 Å². The largest absolute Gasteiger partial charge is 0.388 e. The molecule has 178 valence electrons. The van der Waals surface area contributed by atoms with Gasteiger partial charge in [0, 0.05) is 12.3 Å². The Morgan fingerprint density at radius 1 is 1.15 bits per heavy atom. The van der Waals surface area contributed by atoms with E-state index in [4.69, 9.17) is 5.26 Å². The molecule has 0 aliphatic carbocycles. The van der Waals surface area contributed by atoms with Gasteiger partial charge in [0.1, 0.15) is 17.9 Å². The molecule has 2 rings (SSSR count). The number of amides is 2. The second-order valence-electron chi connectivity index (χ2n) is 7.33. The number of hydrogen-bond acceptors (Lipinski definition) is 9. The third-order valence-electron chi connectivity index (χ3n) is 4.50. The van der Waals surface area contributed by atoms with E-state index in [0.717, 1.165) is 23.2 Å². The average molecular weight is 496 g/mol. The van der Waals surface area contributed by atoms with Gasteiger partial charge < -0.3 is 20.8 Å². The first-order valence-electron chi connectivity index (χ1n) is 9.78. The fourth-order valence-electron chi connectivity index (χ4n) is 3.04. The number of aliphatic hydroxyl groups is 2. The van der Waals surface area contributed by atoms with Crippen LogP contribution in [0.4, 0.5) is 5.13 Å². The van der Waals surface area contributed by atoms with E-state index in [9.17, 15) is 28.2 Å². The molecule has 0 saturated heterocycles. The molecule has 0 saturated carbocycles. The van der Waals surface area contributed by atoms with Crippen LogP contribution < -0.4 is 15.4 Å². The standard InChI is InChI=1S/C20H25N5O6S2/c1-12(26)22-14(8-9-21)17(27)18(28)15(10-13-6-4-3-5-7-13)23-19(29)16-11-32-20(24-16)25-33(2,30)31/h3-7,11,14-15,17-18,27-28H,8,10H2,1-2H3,(H,22,26)(H,23,29)(H,24,25). The van der Waals surface area contributed by atoms with E-state index in [1.165, 1.54) is 12.3 Å². The Balaban J connectivity index is 2.25. The number of sulfonamides is 1. The van der Waals surface area contributed by atoms with Crippen molar-refractivity contribution in [2.45, 2.75) is 44.1 Å². The number of anilines is 1. The molecule has 4 atom stereocenters. The number of aromatic nitrogens is 1. The van der Waals surface area contributed by atoms with Gasteiger partial charge in [-0.3, -0.25) is 14.3 Å². The summed E-state index contributed by atoms with van der Waals surface area (Å²) in [6.07, 6.45) is -2.28. The van der Waals surface area contributed by atoms with Gasteiger partial charge in [-0.2, -0.15) is 5.26 Å². The smallest absolute Gasteiger partial charge is 0.271 e. The molecule has 2 aromatic rings. The van der Waals surface area contributed by atoms with Crippen LogP contribution in [0.5, 0.6) is 0 Å². The molecule has 33 heavy (non-hydrogen) atoms. The highest BCUT2D eigenvalue weighted by Crippen LogP contribution is 2.18. The number of hydrogen-bond donors (Lipinski definition) is 5. The van der Waals surface area contributed by atoms with Gasteiger partial charge in [-0.05, 0) is 12.0 Å². The zero-order chi connectivity index (χ0) is 24.6. The highest BCUT2D eigenvalue weighted by Gasteiger charge is 2.34. The number of carbonyl (C=O) groups is 2. The number of nitrogens with one attached hydrogen (secondary N) is 3. The number of carbonyl (C=O) groups excluding carboxylic acids is 2. The van der Waals surface area contributed by atoms with Crippen molar-refractivity contribution in [2.75, 3.05) is 11.0 Å².